The van der Waals surface area contributed by atoms with Gasteiger partial charge in [-0.3, -0.25) is 4.79 Å². The molecule has 0 aliphatic carbocycles. The van der Waals surface area contributed by atoms with Gasteiger partial charge in [-0.25, -0.2) is 14.4 Å². The molecule has 0 spiro atoms. The molecule has 0 atom stereocenters. The number of aromatic nitrogens is 2. The minimum Gasteiger partial charge on any atom is -0.481 e. The molecule has 1 aromatic carbocycles. The van der Waals surface area contributed by atoms with Gasteiger partial charge in [0.1, 0.15) is 23.3 Å². The fourth-order valence-corrected chi connectivity index (χ4v) is 3.04. The molecule has 1 saturated heterocycles. The van der Waals surface area contributed by atoms with Gasteiger partial charge in [-0.05, 0) is 38.0 Å². The topological polar surface area (TPSA) is 78.4 Å². The Morgan fingerprint density at radius 3 is 2.68 bits per heavy atom. The third kappa shape index (κ3) is 4.17. The van der Waals surface area contributed by atoms with Crippen LogP contribution in [0.4, 0.5) is 21.7 Å². The molecule has 1 aromatic heterocycles. The molecular formula is C17H18ClFN4O2. The number of carbonyl (C=O) groups is 1. The first-order chi connectivity index (χ1) is 11.9. The fourth-order valence-electron chi connectivity index (χ4n) is 2.86. The van der Waals surface area contributed by atoms with Gasteiger partial charge in [-0.1, -0.05) is 11.6 Å². The van der Waals surface area contributed by atoms with Crippen LogP contribution in [0.5, 0.6) is 0 Å². The van der Waals surface area contributed by atoms with Crippen molar-refractivity contribution in [3.05, 3.63) is 40.9 Å². The van der Waals surface area contributed by atoms with E-state index in [1.165, 1.54) is 12.1 Å². The van der Waals surface area contributed by atoms with Gasteiger partial charge >= 0.3 is 5.97 Å². The van der Waals surface area contributed by atoms with Gasteiger partial charge in [0.2, 0.25) is 0 Å². The molecule has 25 heavy (non-hydrogen) atoms. The molecule has 6 nitrogen and oxygen atoms in total. The van der Waals surface area contributed by atoms with Crippen LogP contribution >= 0.6 is 11.6 Å². The number of piperidine rings is 1. The Morgan fingerprint density at radius 2 is 2.04 bits per heavy atom. The second-order valence-electron chi connectivity index (χ2n) is 6.01. The van der Waals surface area contributed by atoms with Crippen LogP contribution in [0, 0.1) is 18.7 Å². The quantitative estimate of drug-likeness (QED) is 0.862. The highest BCUT2D eigenvalue weighted by Gasteiger charge is 2.25. The van der Waals surface area contributed by atoms with Gasteiger partial charge < -0.3 is 15.3 Å². The number of hydrogen-bond donors (Lipinski definition) is 2. The molecule has 2 N–H and O–H groups in total. The van der Waals surface area contributed by atoms with Crippen LogP contribution in [0.25, 0.3) is 0 Å². The number of carboxylic acids is 1. The maximum absolute atomic E-state index is 13.3. The molecule has 0 saturated carbocycles. The summed E-state index contributed by atoms with van der Waals surface area (Å²) >= 11 is 5.80. The van der Waals surface area contributed by atoms with Crippen molar-refractivity contribution in [3.63, 3.8) is 0 Å². The lowest BCUT2D eigenvalue weighted by Crippen LogP contribution is -2.36. The van der Waals surface area contributed by atoms with E-state index >= 15 is 0 Å². The summed E-state index contributed by atoms with van der Waals surface area (Å²) in [6.45, 7) is 3.06. The van der Waals surface area contributed by atoms with E-state index in [1.54, 1.807) is 19.1 Å². The zero-order valence-corrected chi connectivity index (χ0v) is 14.4. The van der Waals surface area contributed by atoms with Gasteiger partial charge in [0, 0.05) is 24.8 Å². The lowest BCUT2D eigenvalue weighted by Gasteiger charge is -2.31. The van der Waals surface area contributed by atoms with Crippen LogP contribution in [-0.4, -0.2) is 34.1 Å². The van der Waals surface area contributed by atoms with Crippen LogP contribution in [-0.2, 0) is 4.79 Å². The maximum Gasteiger partial charge on any atom is 0.306 e. The Morgan fingerprint density at radius 1 is 1.32 bits per heavy atom. The van der Waals surface area contributed by atoms with Crippen LogP contribution in [0.15, 0.2) is 24.3 Å². The smallest absolute Gasteiger partial charge is 0.306 e. The number of aliphatic carboxylic acids is 1. The average molecular weight is 365 g/mol. The largest absolute Gasteiger partial charge is 0.481 e. The summed E-state index contributed by atoms with van der Waals surface area (Å²) in [6, 6.07) is 6.16. The second-order valence-corrected chi connectivity index (χ2v) is 6.42. The number of benzene rings is 1. The molecule has 1 aliphatic rings. The molecule has 132 valence electrons. The van der Waals surface area contributed by atoms with Gasteiger partial charge in [0.25, 0.3) is 0 Å². The van der Waals surface area contributed by atoms with Crippen molar-refractivity contribution in [2.45, 2.75) is 19.8 Å². The predicted molar refractivity (Wildman–Crippen MR) is 94.0 cm³/mol. The molecule has 8 heteroatoms. The van der Waals surface area contributed by atoms with Crippen LogP contribution in [0.2, 0.25) is 5.02 Å². The molecule has 0 bridgehead atoms. The molecule has 3 rings (SSSR count). The number of nitrogens with one attached hydrogen (secondary N) is 1. The van der Waals surface area contributed by atoms with Gasteiger partial charge in [-0.15, -0.1) is 0 Å². The number of anilines is 3. The van der Waals surface area contributed by atoms with E-state index in [4.69, 9.17) is 16.7 Å². The number of nitrogens with zero attached hydrogens (tertiary/aromatic N) is 3. The summed E-state index contributed by atoms with van der Waals surface area (Å²) in [4.78, 5) is 21.9. The normalized spacial score (nSPS) is 15.2. The zero-order valence-electron chi connectivity index (χ0n) is 13.7. The molecule has 1 aliphatic heterocycles. The standard InChI is InChI=1S/C17H18ClFN4O2/c1-10-20-15(22-12-2-3-14(19)13(18)8-12)9-16(21-10)23-6-4-11(5-7-23)17(24)25/h2-3,8-9,11H,4-7H2,1H3,(H,24,25)(H,20,21,22). The van der Waals surface area contributed by atoms with E-state index in [0.717, 1.165) is 5.82 Å². The summed E-state index contributed by atoms with van der Waals surface area (Å²) in [6.07, 6.45) is 1.18. The minimum absolute atomic E-state index is 0.0340. The predicted octanol–water partition coefficient (Wildman–Crippen LogP) is 3.62. The maximum atomic E-state index is 13.3. The molecule has 2 aromatic rings. The molecular weight excluding hydrogens is 347 g/mol. The van der Waals surface area contributed by atoms with E-state index < -0.39 is 11.8 Å². The number of halogens is 2. The SMILES string of the molecule is Cc1nc(Nc2ccc(F)c(Cl)c2)cc(N2CCC(C(=O)O)CC2)n1. The Bertz CT molecular complexity index is 794. The van der Waals surface area contributed by atoms with Crippen molar-refractivity contribution in [3.8, 4) is 0 Å². The summed E-state index contributed by atoms with van der Waals surface area (Å²) in [5, 5.41) is 12.2. The van der Waals surface area contributed by atoms with Crippen molar-refractivity contribution in [2.24, 2.45) is 5.92 Å². The van der Waals surface area contributed by atoms with Gasteiger partial charge in [0.15, 0.2) is 0 Å². The van der Waals surface area contributed by atoms with Crippen molar-refractivity contribution < 1.29 is 14.3 Å². The molecule has 0 unspecified atom stereocenters. The Balaban J connectivity index is 1.76. The van der Waals surface area contributed by atoms with E-state index in [-0.39, 0.29) is 10.9 Å². The zero-order chi connectivity index (χ0) is 18.0. The Kier molecular flexibility index (Phi) is 5.03. The molecule has 1 fully saturated rings. The monoisotopic (exact) mass is 364 g/mol. The molecule has 2 heterocycles. The lowest BCUT2D eigenvalue weighted by atomic mass is 9.97. The van der Waals surface area contributed by atoms with Crippen molar-refractivity contribution in [1.29, 1.82) is 0 Å². The highest BCUT2D eigenvalue weighted by Crippen LogP contribution is 2.26. The number of hydrogen-bond acceptors (Lipinski definition) is 5. The number of carboxylic acid groups (broad SMARTS) is 1. The van der Waals surface area contributed by atoms with Crippen LogP contribution in [0.3, 0.4) is 0 Å². The van der Waals surface area contributed by atoms with Gasteiger partial charge in [0.05, 0.1) is 10.9 Å². The van der Waals surface area contributed by atoms with Gasteiger partial charge in [-0.2, -0.15) is 0 Å². The van der Waals surface area contributed by atoms with Crippen molar-refractivity contribution in [1.82, 2.24) is 9.97 Å². The molecule has 0 radical (unpaired) electrons. The van der Waals surface area contributed by atoms with E-state index in [2.05, 4.69) is 20.2 Å². The highest BCUT2D eigenvalue weighted by molar-refractivity contribution is 6.31. The van der Waals surface area contributed by atoms with Crippen molar-refractivity contribution in [2.75, 3.05) is 23.3 Å². The van der Waals surface area contributed by atoms with Crippen molar-refractivity contribution >= 4 is 34.9 Å². The Hall–Kier alpha value is -2.41. The summed E-state index contributed by atoms with van der Waals surface area (Å²) in [5.41, 5.74) is 0.625. The first kappa shape index (κ1) is 17.4. The van der Waals surface area contributed by atoms with Crippen LogP contribution in [0.1, 0.15) is 18.7 Å². The first-order valence-electron chi connectivity index (χ1n) is 7.98. The number of aryl methyl sites for hydroxylation is 1. The van der Waals surface area contributed by atoms with Crippen LogP contribution < -0.4 is 10.2 Å². The summed E-state index contributed by atoms with van der Waals surface area (Å²) < 4.78 is 13.3. The third-order valence-electron chi connectivity index (χ3n) is 4.18. The molecule has 0 amide bonds. The van der Waals surface area contributed by atoms with E-state index in [1.807, 2.05) is 0 Å². The summed E-state index contributed by atoms with van der Waals surface area (Å²) in [5.74, 6) is 0.395. The second kappa shape index (κ2) is 7.23. The first-order valence-corrected chi connectivity index (χ1v) is 8.35. The van der Waals surface area contributed by atoms with E-state index in [0.29, 0.717) is 43.3 Å². The average Bonchev–Trinajstić information content (AvgIpc) is 2.58. The highest BCUT2D eigenvalue weighted by atomic mass is 35.5. The third-order valence-corrected chi connectivity index (χ3v) is 4.47. The summed E-state index contributed by atoms with van der Waals surface area (Å²) in [7, 11) is 0. The Labute approximate surface area is 149 Å². The lowest BCUT2D eigenvalue weighted by molar-refractivity contribution is -0.142. The minimum atomic E-state index is -0.742. The number of rotatable bonds is 4. The van der Waals surface area contributed by atoms with E-state index in [9.17, 15) is 9.18 Å². The fraction of sp³-hybridized carbons (Fsp3) is 0.353.